The molecule has 0 spiro atoms. The van der Waals surface area contributed by atoms with E-state index >= 15 is 0 Å². The summed E-state index contributed by atoms with van der Waals surface area (Å²) in [6.07, 6.45) is 21.0. The molecule has 0 radical (unpaired) electrons. The third-order valence-corrected chi connectivity index (χ3v) is 7.28. The fourth-order valence-corrected chi connectivity index (χ4v) is 4.91. The summed E-state index contributed by atoms with van der Waals surface area (Å²) in [5, 5.41) is 9.34. The van der Waals surface area contributed by atoms with Gasteiger partial charge in [-0.25, -0.2) is 8.42 Å². The smallest absolute Gasteiger partial charge is 0.748 e. The zero-order chi connectivity index (χ0) is 21.8. The van der Waals surface area contributed by atoms with Crippen molar-refractivity contribution < 1.29 is 47.6 Å². The van der Waals surface area contributed by atoms with Crippen molar-refractivity contribution in [2.24, 2.45) is 0 Å². The van der Waals surface area contributed by atoms with E-state index in [4.69, 9.17) is 0 Å². The number of hydrogen-bond donors (Lipinski definition) is 1. The molecule has 0 aliphatic rings. The van der Waals surface area contributed by atoms with Crippen LogP contribution in [0.4, 0.5) is 0 Å². The van der Waals surface area contributed by atoms with E-state index in [0.29, 0.717) is 25.7 Å². The molecule has 0 heterocycles. The van der Waals surface area contributed by atoms with Crippen molar-refractivity contribution in [2.45, 2.75) is 154 Å². The van der Waals surface area contributed by atoms with Crippen molar-refractivity contribution in [3.05, 3.63) is 0 Å². The summed E-state index contributed by atoms with van der Waals surface area (Å²) >= 11 is 0. The second-order valence-electron chi connectivity index (χ2n) is 8.87. The maximum atomic E-state index is 11.4. The number of aliphatic hydroxyl groups excluding tert-OH is 1. The second kappa shape index (κ2) is 23.0. The van der Waals surface area contributed by atoms with Gasteiger partial charge in [-0.3, -0.25) is 0 Å². The van der Waals surface area contributed by atoms with Crippen LogP contribution < -0.4 is 29.6 Å². The van der Waals surface area contributed by atoms with Crippen LogP contribution in [0.15, 0.2) is 0 Å². The average Bonchev–Trinajstić information content (AvgIpc) is 2.67. The van der Waals surface area contributed by atoms with Crippen molar-refractivity contribution in [1.29, 1.82) is 0 Å². The molecule has 0 aliphatic heterocycles. The van der Waals surface area contributed by atoms with Crippen LogP contribution in [-0.4, -0.2) is 29.4 Å². The van der Waals surface area contributed by atoms with E-state index in [1.54, 1.807) is 0 Å². The molecule has 30 heavy (non-hydrogen) atoms. The van der Waals surface area contributed by atoms with Gasteiger partial charge in [-0.2, -0.15) is 0 Å². The predicted octanol–water partition coefficient (Wildman–Crippen LogP) is 4.11. The van der Waals surface area contributed by atoms with E-state index in [2.05, 4.69) is 13.8 Å². The zero-order valence-corrected chi connectivity index (χ0v) is 23.2. The molecule has 2 unspecified atom stereocenters. The summed E-state index contributed by atoms with van der Waals surface area (Å²) < 4.78 is 34.1. The molecule has 0 aromatic rings. The molecular weight excluding hydrogens is 407 g/mol. The first-order valence-electron chi connectivity index (χ1n) is 12.5. The van der Waals surface area contributed by atoms with Crippen molar-refractivity contribution in [3.8, 4) is 0 Å². The van der Waals surface area contributed by atoms with Gasteiger partial charge in [-0.15, -0.1) is 0 Å². The number of hydrogen-bond acceptors (Lipinski definition) is 4. The van der Waals surface area contributed by atoms with Gasteiger partial charge in [0.1, 0.15) is 0 Å². The Bertz CT molecular complexity index is 442. The van der Waals surface area contributed by atoms with Crippen LogP contribution >= 0.6 is 0 Å². The molecule has 2 atom stereocenters. The first-order valence-corrected chi connectivity index (χ1v) is 14.0. The van der Waals surface area contributed by atoms with Gasteiger partial charge in [-0.05, 0) is 32.1 Å². The van der Waals surface area contributed by atoms with Crippen LogP contribution in [-0.2, 0) is 10.1 Å². The largest absolute Gasteiger partial charge is 1.00 e. The Morgan fingerprint density at radius 1 is 0.600 bits per heavy atom. The second-order valence-corrected chi connectivity index (χ2v) is 10.5. The molecule has 0 saturated heterocycles. The Hall–Kier alpha value is 0.870. The summed E-state index contributed by atoms with van der Waals surface area (Å²) in [6.45, 7) is 4.32. The molecule has 0 amide bonds. The molecule has 0 fully saturated rings. The van der Waals surface area contributed by atoms with E-state index in [9.17, 15) is 18.1 Å². The van der Waals surface area contributed by atoms with Crippen molar-refractivity contribution in [2.75, 3.05) is 0 Å². The average molecular weight is 457 g/mol. The van der Waals surface area contributed by atoms with Crippen molar-refractivity contribution in [3.63, 3.8) is 0 Å². The van der Waals surface area contributed by atoms with Gasteiger partial charge in [0.15, 0.2) is 0 Å². The number of aliphatic hydroxyl groups is 1. The van der Waals surface area contributed by atoms with Crippen LogP contribution in [0, 0.1) is 0 Å². The van der Waals surface area contributed by atoms with Crippen LogP contribution in [0.5, 0.6) is 0 Å². The molecule has 0 aliphatic carbocycles. The minimum atomic E-state index is -4.22. The van der Waals surface area contributed by atoms with Crippen molar-refractivity contribution >= 4 is 10.1 Å². The van der Waals surface area contributed by atoms with E-state index < -0.39 is 15.4 Å². The van der Waals surface area contributed by atoms with E-state index in [-0.39, 0.29) is 35.7 Å². The van der Waals surface area contributed by atoms with Gasteiger partial charge in [0.25, 0.3) is 0 Å². The molecule has 0 aromatic heterocycles. The summed E-state index contributed by atoms with van der Waals surface area (Å²) in [5.41, 5.74) is 0. The third kappa shape index (κ3) is 22.1. The summed E-state index contributed by atoms with van der Waals surface area (Å²) in [6, 6.07) is 0. The van der Waals surface area contributed by atoms with Crippen molar-refractivity contribution in [1.82, 2.24) is 0 Å². The Morgan fingerprint density at radius 2 is 0.933 bits per heavy atom. The Kier molecular flexibility index (Phi) is 25.4. The summed E-state index contributed by atoms with van der Waals surface area (Å²) in [7, 11) is -4.22. The Labute approximate surface area is 210 Å². The standard InChI is InChI=1S/C24H50O4S.Na/c1-3-5-7-8-9-10-11-12-13-14-15-17-19-23(25)20-18-22-24(29(26,27)28)21-16-6-4-2;/h23-25H,3-22H2,1-2H3,(H,26,27,28);/q;+1/p-1. The molecule has 176 valence electrons. The molecule has 0 aromatic carbocycles. The van der Waals surface area contributed by atoms with Gasteiger partial charge < -0.3 is 9.66 Å². The van der Waals surface area contributed by atoms with Crippen LogP contribution in [0.3, 0.4) is 0 Å². The Morgan fingerprint density at radius 3 is 1.40 bits per heavy atom. The molecule has 0 rings (SSSR count). The van der Waals surface area contributed by atoms with Gasteiger partial charge in [-0.1, -0.05) is 110 Å². The minimum Gasteiger partial charge on any atom is -0.748 e. The van der Waals surface area contributed by atoms with Gasteiger partial charge in [0, 0.05) is 5.25 Å². The zero-order valence-electron chi connectivity index (χ0n) is 20.4. The molecule has 4 nitrogen and oxygen atoms in total. The van der Waals surface area contributed by atoms with E-state index in [0.717, 1.165) is 32.1 Å². The maximum Gasteiger partial charge on any atom is 1.00 e. The number of unbranched alkanes of at least 4 members (excludes halogenated alkanes) is 13. The topological polar surface area (TPSA) is 77.4 Å². The normalized spacial score (nSPS) is 13.7. The minimum absolute atomic E-state index is 0. The molecule has 1 N–H and O–H groups in total. The maximum absolute atomic E-state index is 11.4. The van der Waals surface area contributed by atoms with Crippen LogP contribution in [0.25, 0.3) is 0 Å². The van der Waals surface area contributed by atoms with Crippen LogP contribution in [0.1, 0.15) is 142 Å². The summed E-state index contributed by atoms with van der Waals surface area (Å²) in [5.74, 6) is 0. The van der Waals surface area contributed by atoms with E-state index in [1.807, 2.05) is 0 Å². The fraction of sp³-hybridized carbons (Fsp3) is 1.00. The molecular formula is C24H49NaO4S. The monoisotopic (exact) mass is 456 g/mol. The molecule has 6 heteroatoms. The first kappa shape index (κ1) is 33.0. The van der Waals surface area contributed by atoms with Crippen LogP contribution in [0.2, 0.25) is 0 Å². The van der Waals surface area contributed by atoms with Gasteiger partial charge in [0.05, 0.1) is 16.2 Å². The SMILES string of the molecule is CCCCCCCCCCCCCCC(O)CCCC(CCCCC)S(=O)(=O)[O-].[Na+]. The fourth-order valence-electron chi connectivity index (χ4n) is 4.00. The van der Waals surface area contributed by atoms with E-state index in [1.165, 1.54) is 70.6 Å². The molecule has 0 bridgehead atoms. The summed E-state index contributed by atoms with van der Waals surface area (Å²) in [4.78, 5) is 0. The number of rotatable bonds is 22. The quantitative estimate of drug-likeness (QED) is 0.151. The van der Waals surface area contributed by atoms with Gasteiger partial charge >= 0.3 is 29.6 Å². The van der Waals surface area contributed by atoms with Gasteiger partial charge in [0.2, 0.25) is 0 Å². The predicted molar refractivity (Wildman–Crippen MR) is 123 cm³/mol. The third-order valence-electron chi connectivity index (χ3n) is 5.99. The molecule has 0 saturated carbocycles. The Balaban J connectivity index is 0. The first-order chi connectivity index (χ1) is 13.9.